The van der Waals surface area contributed by atoms with Crippen LogP contribution in [0, 0.1) is 6.92 Å². The van der Waals surface area contributed by atoms with Crippen LogP contribution < -0.4 is 10.6 Å². The number of nitrogens with zero attached hydrogens (tertiary/aromatic N) is 3. The van der Waals surface area contributed by atoms with Crippen molar-refractivity contribution in [3.8, 4) is 17.1 Å². The second-order valence-electron chi connectivity index (χ2n) is 8.64. The number of aromatic hydroxyl groups is 1. The summed E-state index contributed by atoms with van der Waals surface area (Å²) in [6.45, 7) is 9.41. The van der Waals surface area contributed by atoms with E-state index in [0.717, 1.165) is 29.8 Å². The molecule has 2 heterocycles. The lowest BCUT2D eigenvalue weighted by atomic mass is 10.1. The molecule has 1 amide bonds. The summed E-state index contributed by atoms with van der Waals surface area (Å²) in [6.07, 6.45) is 1.67. The van der Waals surface area contributed by atoms with Crippen molar-refractivity contribution in [2.75, 3.05) is 18.0 Å². The number of aromatic nitrogens is 2. The van der Waals surface area contributed by atoms with Crippen LogP contribution in [0.3, 0.4) is 0 Å². The third-order valence-corrected chi connectivity index (χ3v) is 4.79. The van der Waals surface area contributed by atoms with Crippen molar-refractivity contribution in [1.82, 2.24) is 9.97 Å². The Balaban J connectivity index is 0.000000293. The molecule has 31 heavy (non-hydrogen) atoms. The average Bonchev–Trinajstić information content (AvgIpc) is 3.20. The first-order valence-corrected chi connectivity index (χ1v) is 10.4. The molecule has 7 nitrogen and oxygen atoms in total. The minimum Gasteiger partial charge on any atom is -0.507 e. The number of carbonyl (C=O) groups excluding carboxylic acids is 1. The Morgan fingerprint density at radius 3 is 2.35 bits per heavy atom. The lowest BCUT2D eigenvalue weighted by molar-refractivity contribution is 0.0600. The van der Waals surface area contributed by atoms with Crippen LogP contribution in [0.1, 0.15) is 39.2 Å². The first-order chi connectivity index (χ1) is 14.6. The van der Waals surface area contributed by atoms with E-state index in [-0.39, 0.29) is 5.75 Å². The molecule has 3 N–H and O–H groups in total. The summed E-state index contributed by atoms with van der Waals surface area (Å²) in [7, 11) is 0. The van der Waals surface area contributed by atoms with Crippen LogP contribution >= 0.6 is 0 Å². The van der Waals surface area contributed by atoms with Crippen molar-refractivity contribution in [3.05, 3.63) is 48.0 Å². The molecule has 0 bridgehead atoms. The van der Waals surface area contributed by atoms with Crippen LogP contribution in [0.5, 0.6) is 5.75 Å². The van der Waals surface area contributed by atoms with Gasteiger partial charge in [-0.3, -0.25) is 0 Å². The number of phenols is 1. The molecule has 0 aliphatic carbocycles. The number of nitrogens with two attached hydrogens (primary N) is 1. The van der Waals surface area contributed by atoms with Gasteiger partial charge in [0.25, 0.3) is 0 Å². The molecular formula is C24H30N4O3. The quantitative estimate of drug-likeness (QED) is 0.616. The van der Waals surface area contributed by atoms with Gasteiger partial charge in [-0.1, -0.05) is 18.2 Å². The lowest BCUT2D eigenvalue weighted by Crippen LogP contribution is -2.27. The molecule has 1 fully saturated rings. The maximum atomic E-state index is 10.2. The van der Waals surface area contributed by atoms with Gasteiger partial charge < -0.3 is 20.5 Å². The average molecular weight is 423 g/mol. The van der Waals surface area contributed by atoms with E-state index in [2.05, 4.69) is 34.8 Å². The summed E-state index contributed by atoms with van der Waals surface area (Å²) in [5.74, 6) is 1.78. The normalized spacial score (nSPS) is 13.6. The molecule has 0 radical (unpaired) electrons. The van der Waals surface area contributed by atoms with E-state index < -0.39 is 11.7 Å². The first-order valence-electron chi connectivity index (χ1n) is 10.4. The fourth-order valence-corrected chi connectivity index (χ4v) is 3.48. The van der Waals surface area contributed by atoms with Crippen LogP contribution in [-0.2, 0) is 4.74 Å². The number of carbonyl (C=O) groups is 1. The van der Waals surface area contributed by atoms with Gasteiger partial charge in [0, 0.05) is 18.5 Å². The number of hydrogen-bond donors (Lipinski definition) is 2. The largest absolute Gasteiger partial charge is 0.507 e. The van der Waals surface area contributed by atoms with Crippen molar-refractivity contribution in [2.45, 2.75) is 46.1 Å². The number of phenolic OH excluding ortho intramolecular Hbond substituents is 1. The maximum absolute atomic E-state index is 10.2. The zero-order valence-corrected chi connectivity index (χ0v) is 18.6. The van der Waals surface area contributed by atoms with Gasteiger partial charge in [0.2, 0.25) is 0 Å². The number of ether oxygens (including phenoxy) is 1. The molecule has 0 atom stereocenters. The van der Waals surface area contributed by atoms with E-state index >= 15 is 0 Å². The molecule has 1 aliphatic rings. The maximum Gasteiger partial charge on any atom is 0.405 e. The summed E-state index contributed by atoms with van der Waals surface area (Å²) in [5, 5.41) is 11.2. The Kier molecular flexibility index (Phi) is 6.63. The number of aryl methyl sites for hydroxylation is 1. The number of benzene rings is 2. The summed E-state index contributed by atoms with van der Waals surface area (Å²) in [5.41, 5.74) is 7.05. The molecule has 0 spiro atoms. The summed E-state index contributed by atoms with van der Waals surface area (Å²) in [4.78, 5) is 21.8. The Morgan fingerprint density at radius 1 is 1.10 bits per heavy atom. The van der Waals surface area contributed by atoms with Gasteiger partial charge in [-0.05, 0) is 70.4 Å². The number of para-hydroxylation sites is 1. The van der Waals surface area contributed by atoms with E-state index in [1.165, 1.54) is 18.4 Å². The molecule has 1 saturated heterocycles. The van der Waals surface area contributed by atoms with Gasteiger partial charge in [-0.15, -0.1) is 0 Å². The molecule has 2 aromatic carbocycles. The summed E-state index contributed by atoms with van der Waals surface area (Å²) >= 11 is 0. The van der Waals surface area contributed by atoms with Crippen LogP contribution in [0.15, 0.2) is 42.5 Å². The van der Waals surface area contributed by atoms with E-state index in [0.29, 0.717) is 11.4 Å². The van der Waals surface area contributed by atoms with Crippen molar-refractivity contribution in [2.24, 2.45) is 5.73 Å². The smallest absolute Gasteiger partial charge is 0.405 e. The molecule has 1 aromatic heterocycles. The highest BCUT2D eigenvalue weighted by Gasteiger charge is 2.19. The summed E-state index contributed by atoms with van der Waals surface area (Å²) in [6, 6.07) is 13.5. The van der Waals surface area contributed by atoms with Crippen LogP contribution in [0.25, 0.3) is 22.3 Å². The van der Waals surface area contributed by atoms with Gasteiger partial charge >= 0.3 is 6.09 Å². The molecule has 0 unspecified atom stereocenters. The molecular weight excluding hydrogens is 392 g/mol. The Hall–Kier alpha value is -3.35. The zero-order chi connectivity index (χ0) is 22.6. The Labute approximate surface area is 182 Å². The molecule has 164 valence electrons. The van der Waals surface area contributed by atoms with Crippen molar-refractivity contribution in [3.63, 3.8) is 0 Å². The van der Waals surface area contributed by atoms with Crippen LogP contribution in [0.4, 0.5) is 10.6 Å². The van der Waals surface area contributed by atoms with Gasteiger partial charge in [-0.2, -0.15) is 0 Å². The van der Waals surface area contributed by atoms with E-state index in [4.69, 9.17) is 15.7 Å². The van der Waals surface area contributed by atoms with E-state index in [1.807, 2.05) is 18.2 Å². The second-order valence-corrected chi connectivity index (χ2v) is 8.64. The minimum atomic E-state index is -0.725. The molecule has 3 aromatic rings. The third kappa shape index (κ3) is 5.84. The van der Waals surface area contributed by atoms with Crippen LogP contribution in [0.2, 0.25) is 0 Å². The number of hydrogen-bond acceptors (Lipinski definition) is 6. The van der Waals surface area contributed by atoms with Gasteiger partial charge in [0.05, 0.1) is 11.1 Å². The number of anilines is 1. The van der Waals surface area contributed by atoms with Crippen molar-refractivity contribution < 1.29 is 14.6 Å². The van der Waals surface area contributed by atoms with Gasteiger partial charge in [0.1, 0.15) is 17.2 Å². The minimum absolute atomic E-state index is 0.215. The lowest BCUT2D eigenvalue weighted by Gasteiger charge is -2.19. The zero-order valence-electron chi connectivity index (χ0n) is 18.6. The van der Waals surface area contributed by atoms with E-state index in [9.17, 15) is 9.90 Å². The highest BCUT2D eigenvalue weighted by molar-refractivity contribution is 5.92. The Bertz CT molecular complexity index is 1070. The van der Waals surface area contributed by atoms with Gasteiger partial charge in [0.15, 0.2) is 5.82 Å². The monoisotopic (exact) mass is 422 g/mol. The molecule has 4 rings (SSSR count). The predicted octanol–water partition coefficient (Wildman–Crippen LogP) is 4.79. The Morgan fingerprint density at radius 2 is 1.77 bits per heavy atom. The fourth-order valence-electron chi connectivity index (χ4n) is 3.48. The van der Waals surface area contributed by atoms with Crippen LogP contribution in [-0.4, -0.2) is 39.9 Å². The second kappa shape index (κ2) is 9.20. The number of amides is 1. The highest BCUT2D eigenvalue weighted by Crippen LogP contribution is 2.32. The SMILES string of the molecule is CC(C)(C)OC(N)=O.Cc1ccc2c(N3CCCC3)nc(-c3ccccc3O)nc2c1. The fraction of sp³-hybridized carbons (Fsp3) is 0.375. The summed E-state index contributed by atoms with van der Waals surface area (Å²) < 4.78 is 4.58. The number of rotatable bonds is 2. The standard InChI is InChI=1S/C19H19N3O.C5H11NO2/c1-13-8-9-14-16(12-13)20-18(15-6-2-3-7-17(15)23)21-19(14)22-10-4-5-11-22;1-5(2,3)8-4(6)7/h2-3,6-9,12,23H,4-5,10-11H2,1H3;1-3H3,(H2,6,7). The van der Waals surface area contributed by atoms with E-state index in [1.54, 1.807) is 26.8 Å². The predicted molar refractivity (Wildman–Crippen MR) is 123 cm³/mol. The topological polar surface area (TPSA) is 102 Å². The van der Waals surface area contributed by atoms with Gasteiger partial charge in [-0.25, -0.2) is 14.8 Å². The molecule has 7 heteroatoms. The number of fused-ring (bicyclic) bond motifs is 1. The molecule has 0 saturated carbocycles. The first kappa shape index (κ1) is 22.3. The molecule has 1 aliphatic heterocycles. The van der Waals surface area contributed by atoms with Crippen molar-refractivity contribution >= 4 is 22.8 Å². The van der Waals surface area contributed by atoms with Crippen molar-refractivity contribution in [1.29, 1.82) is 0 Å². The highest BCUT2D eigenvalue weighted by atomic mass is 16.6. The third-order valence-electron chi connectivity index (χ3n) is 4.79. The number of primary amides is 1.